The predicted molar refractivity (Wildman–Crippen MR) is 162 cm³/mol. The molecule has 0 radical (unpaired) electrons. The summed E-state index contributed by atoms with van der Waals surface area (Å²) in [4.78, 5) is 32.9. The minimum Gasteiger partial charge on any atom is -0.325 e. The van der Waals surface area contributed by atoms with Crippen molar-refractivity contribution < 1.29 is 4.39 Å². The van der Waals surface area contributed by atoms with Gasteiger partial charge in [-0.15, -0.1) is 0 Å². The largest absolute Gasteiger partial charge is 0.325 e. The molecule has 2 N–H and O–H groups in total. The molecule has 210 valence electrons. The molecule has 0 atom stereocenters. The third-order valence-electron chi connectivity index (χ3n) is 5.18. The highest BCUT2D eigenvalue weighted by molar-refractivity contribution is 6.30. The van der Waals surface area contributed by atoms with Crippen molar-refractivity contribution in [1.29, 1.82) is 0 Å². The van der Waals surface area contributed by atoms with E-state index in [1.165, 1.54) is 18.7 Å². The highest BCUT2D eigenvalue weighted by Gasteiger charge is 2.08. The molecule has 0 spiro atoms. The lowest BCUT2D eigenvalue weighted by atomic mass is 10.2. The van der Waals surface area contributed by atoms with E-state index in [4.69, 9.17) is 11.6 Å². The number of rotatable bonds is 6. The SMILES string of the molecule is CC.Clc1cccc(-c2nccc(Nc3ccncn3)n2)c1.Fc1ccccc1-c1nccc(Nc2ccncn2)n1. The fourth-order valence-corrected chi connectivity index (χ4v) is 3.58. The summed E-state index contributed by atoms with van der Waals surface area (Å²) < 4.78 is 13.7. The molecule has 2 aromatic carbocycles. The van der Waals surface area contributed by atoms with E-state index < -0.39 is 0 Å². The quantitative estimate of drug-likeness (QED) is 0.209. The minimum absolute atomic E-state index is 0.321. The molecule has 6 rings (SSSR count). The van der Waals surface area contributed by atoms with Gasteiger partial charge >= 0.3 is 0 Å². The number of hydrogen-bond donors (Lipinski definition) is 2. The first kappa shape index (κ1) is 29.6. The van der Waals surface area contributed by atoms with E-state index in [1.54, 1.807) is 67.3 Å². The molecule has 0 aliphatic rings. The van der Waals surface area contributed by atoms with E-state index >= 15 is 0 Å². The average Bonchev–Trinajstić information content (AvgIpc) is 3.04. The Kier molecular flexibility index (Phi) is 10.8. The van der Waals surface area contributed by atoms with Crippen LogP contribution in [0.25, 0.3) is 22.8 Å². The maximum Gasteiger partial charge on any atom is 0.164 e. The van der Waals surface area contributed by atoms with Gasteiger partial charge in [0.25, 0.3) is 0 Å². The highest BCUT2D eigenvalue weighted by Crippen LogP contribution is 2.22. The number of hydrogen-bond acceptors (Lipinski definition) is 10. The van der Waals surface area contributed by atoms with Gasteiger partial charge in [0.2, 0.25) is 0 Å². The molecule has 0 saturated carbocycles. The van der Waals surface area contributed by atoms with Gasteiger partial charge in [0, 0.05) is 35.4 Å². The Morgan fingerprint density at radius 1 is 0.595 bits per heavy atom. The smallest absolute Gasteiger partial charge is 0.164 e. The third-order valence-corrected chi connectivity index (χ3v) is 5.42. The Hall–Kier alpha value is -5.42. The van der Waals surface area contributed by atoms with Crippen LogP contribution in [0.4, 0.5) is 27.7 Å². The summed E-state index contributed by atoms with van der Waals surface area (Å²) in [6, 6.07) is 20.7. The molecule has 0 fully saturated rings. The second kappa shape index (κ2) is 15.4. The summed E-state index contributed by atoms with van der Waals surface area (Å²) in [6.07, 6.45) is 9.44. The van der Waals surface area contributed by atoms with Crippen LogP contribution in [0.1, 0.15) is 13.8 Å². The summed E-state index contributed by atoms with van der Waals surface area (Å²) in [5.74, 6) is 3.06. The van der Waals surface area contributed by atoms with Crippen molar-refractivity contribution >= 4 is 34.9 Å². The Balaban J connectivity index is 0.000000182. The lowest BCUT2D eigenvalue weighted by Gasteiger charge is -2.06. The summed E-state index contributed by atoms with van der Waals surface area (Å²) in [5, 5.41) is 6.76. The standard InChI is InChI=1S/C14H10ClN5.C14H10FN5.C2H6/c15-11-3-1-2-10(8-11)14-17-7-5-13(20-14)19-12-4-6-16-9-18-12;15-11-4-2-1-3-10(11)14-17-8-6-13(20-14)19-12-5-7-16-9-18-12;1-2/h2*1-9H,(H,16,17,18,19,20);1-2H3. The van der Waals surface area contributed by atoms with Crippen molar-refractivity contribution in [3.63, 3.8) is 0 Å². The van der Waals surface area contributed by atoms with Crippen LogP contribution in [0.5, 0.6) is 0 Å². The first-order valence-corrected chi connectivity index (χ1v) is 13.2. The van der Waals surface area contributed by atoms with Crippen LogP contribution in [0.15, 0.2) is 110 Å². The second-order valence-electron chi connectivity index (χ2n) is 7.96. The van der Waals surface area contributed by atoms with Crippen LogP contribution < -0.4 is 10.6 Å². The van der Waals surface area contributed by atoms with E-state index in [-0.39, 0.29) is 5.82 Å². The predicted octanol–water partition coefficient (Wildman–Crippen LogP) is 7.17. The van der Waals surface area contributed by atoms with Crippen LogP contribution in [0.3, 0.4) is 0 Å². The van der Waals surface area contributed by atoms with Gasteiger partial charge in [-0.2, -0.15) is 0 Å². The number of aromatic nitrogens is 8. The van der Waals surface area contributed by atoms with Crippen LogP contribution in [0.2, 0.25) is 5.02 Å². The number of benzene rings is 2. The third kappa shape index (κ3) is 8.54. The Bertz CT molecular complexity index is 1690. The van der Waals surface area contributed by atoms with Gasteiger partial charge < -0.3 is 10.6 Å². The van der Waals surface area contributed by atoms with Crippen molar-refractivity contribution in [3.05, 3.63) is 121 Å². The zero-order valence-corrected chi connectivity index (χ0v) is 23.5. The van der Waals surface area contributed by atoms with Crippen LogP contribution in [0, 0.1) is 5.82 Å². The molecule has 6 aromatic rings. The van der Waals surface area contributed by atoms with Crippen LogP contribution in [-0.4, -0.2) is 39.9 Å². The summed E-state index contributed by atoms with van der Waals surface area (Å²) in [5.41, 5.74) is 1.22. The molecule has 4 heterocycles. The second-order valence-corrected chi connectivity index (χ2v) is 8.40. The van der Waals surface area contributed by atoms with Crippen molar-refractivity contribution in [2.45, 2.75) is 13.8 Å². The van der Waals surface area contributed by atoms with E-state index in [0.29, 0.717) is 45.5 Å². The van der Waals surface area contributed by atoms with Gasteiger partial charge in [0.05, 0.1) is 5.56 Å². The lowest BCUT2D eigenvalue weighted by molar-refractivity contribution is 0.630. The van der Waals surface area contributed by atoms with Gasteiger partial charge in [-0.1, -0.05) is 49.7 Å². The van der Waals surface area contributed by atoms with E-state index in [0.717, 1.165) is 5.56 Å². The summed E-state index contributed by atoms with van der Waals surface area (Å²) in [6.45, 7) is 4.00. The number of nitrogens with zero attached hydrogens (tertiary/aromatic N) is 8. The fraction of sp³-hybridized carbons (Fsp3) is 0.0667. The van der Waals surface area contributed by atoms with Crippen molar-refractivity contribution in [2.75, 3.05) is 10.6 Å². The maximum atomic E-state index is 13.7. The van der Waals surface area contributed by atoms with Crippen LogP contribution in [-0.2, 0) is 0 Å². The summed E-state index contributed by atoms with van der Waals surface area (Å²) >= 11 is 5.98. The monoisotopic (exact) mass is 580 g/mol. The molecular weight excluding hydrogens is 555 g/mol. The maximum absolute atomic E-state index is 13.7. The molecule has 4 aromatic heterocycles. The minimum atomic E-state index is -0.355. The first-order valence-electron chi connectivity index (χ1n) is 12.9. The van der Waals surface area contributed by atoms with Crippen molar-refractivity contribution in [2.24, 2.45) is 0 Å². The molecule has 0 bridgehead atoms. The summed E-state index contributed by atoms with van der Waals surface area (Å²) in [7, 11) is 0. The molecule has 0 unspecified atom stereocenters. The van der Waals surface area contributed by atoms with E-state index in [2.05, 4.69) is 50.5 Å². The molecule has 0 aliphatic carbocycles. The molecule has 0 amide bonds. The van der Waals surface area contributed by atoms with Crippen molar-refractivity contribution in [3.8, 4) is 22.8 Å². The fourth-order valence-electron chi connectivity index (χ4n) is 3.39. The average molecular weight is 581 g/mol. The van der Waals surface area contributed by atoms with Gasteiger partial charge in [-0.05, 0) is 48.5 Å². The zero-order chi connectivity index (χ0) is 29.6. The lowest BCUT2D eigenvalue weighted by Crippen LogP contribution is -1.99. The zero-order valence-electron chi connectivity index (χ0n) is 22.7. The number of anilines is 4. The molecular formula is C30H26ClFN10. The van der Waals surface area contributed by atoms with Gasteiger partial charge in [0.15, 0.2) is 11.6 Å². The molecule has 0 aliphatic heterocycles. The van der Waals surface area contributed by atoms with Crippen molar-refractivity contribution in [1.82, 2.24) is 39.9 Å². The molecule has 0 saturated heterocycles. The molecule has 12 heteroatoms. The Morgan fingerprint density at radius 3 is 1.74 bits per heavy atom. The number of halogens is 2. The van der Waals surface area contributed by atoms with E-state index in [1.807, 2.05) is 38.1 Å². The highest BCUT2D eigenvalue weighted by atomic mass is 35.5. The van der Waals surface area contributed by atoms with Crippen LogP contribution >= 0.6 is 11.6 Å². The van der Waals surface area contributed by atoms with Gasteiger partial charge in [-0.3, -0.25) is 0 Å². The Labute approximate surface area is 247 Å². The Morgan fingerprint density at radius 2 is 1.17 bits per heavy atom. The molecule has 42 heavy (non-hydrogen) atoms. The normalized spacial score (nSPS) is 9.90. The van der Waals surface area contributed by atoms with Gasteiger partial charge in [-0.25, -0.2) is 44.3 Å². The first-order chi connectivity index (χ1) is 20.6. The topological polar surface area (TPSA) is 127 Å². The number of nitrogens with one attached hydrogen (secondary N) is 2. The van der Waals surface area contributed by atoms with Gasteiger partial charge in [0.1, 0.15) is 41.7 Å². The van der Waals surface area contributed by atoms with E-state index in [9.17, 15) is 4.39 Å². The molecule has 10 nitrogen and oxygen atoms in total.